The summed E-state index contributed by atoms with van der Waals surface area (Å²) in [6.07, 6.45) is -4.00. The van der Waals surface area contributed by atoms with Gasteiger partial charge in [-0.25, -0.2) is 9.97 Å². The summed E-state index contributed by atoms with van der Waals surface area (Å²) in [6, 6.07) is 8.74. The summed E-state index contributed by atoms with van der Waals surface area (Å²) < 4.78 is 41.3. The molecule has 1 saturated heterocycles. The fourth-order valence-electron chi connectivity index (χ4n) is 4.46. The molecule has 0 saturated carbocycles. The first kappa shape index (κ1) is 24.5. The zero-order valence-corrected chi connectivity index (χ0v) is 20.5. The average molecular weight is 519 g/mol. The quantitative estimate of drug-likeness (QED) is 0.355. The molecule has 1 amide bonds. The van der Waals surface area contributed by atoms with Crippen LogP contribution in [0.3, 0.4) is 0 Å². The number of carbonyl (C=O) groups excluding carboxylic acids is 1. The average Bonchev–Trinajstić information content (AvgIpc) is 3.49. The van der Waals surface area contributed by atoms with E-state index in [1.165, 1.54) is 6.07 Å². The van der Waals surface area contributed by atoms with E-state index in [0.717, 1.165) is 42.0 Å². The third-order valence-electron chi connectivity index (χ3n) is 6.21. The number of β-amino-alcohol motifs (C(OH)–C–C–N with tert-alkyl or cyclic N) is 1. The predicted molar refractivity (Wildman–Crippen MR) is 133 cm³/mol. The van der Waals surface area contributed by atoms with Crippen LogP contribution < -0.4 is 10.6 Å². The minimum Gasteiger partial charge on any atom is -0.392 e. The second kappa shape index (κ2) is 9.34. The zero-order chi connectivity index (χ0) is 25.6. The van der Waals surface area contributed by atoms with Crippen LogP contribution in [-0.4, -0.2) is 62.2 Å². The van der Waals surface area contributed by atoms with Crippen LogP contribution >= 0.6 is 11.3 Å². The van der Waals surface area contributed by atoms with Crippen molar-refractivity contribution in [3.8, 4) is 0 Å². The van der Waals surface area contributed by atoms with Gasteiger partial charge in [-0.05, 0) is 49.7 Å². The highest BCUT2D eigenvalue weighted by molar-refractivity contribution is 7.22. The molecule has 2 aromatic heterocycles. The monoisotopic (exact) mass is 518 g/mol. The van der Waals surface area contributed by atoms with Gasteiger partial charge in [0.05, 0.1) is 32.9 Å². The normalized spacial score (nSPS) is 17.7. The van der Waals surface area contributed by atoms with Gasteiger partial charge in [-0.2, -0.15) is 13.2 Å². The molecule has 0 bridgehead atoms. The highest BCUT2D eigenvalue weighted by atomic mass is 32.1. The summed E-state index contributed by atoms with van der Waals surface area (Å²) in [7, 11) is 1.81. The Kier molecular flexibility index (Phi) is 6.35. The Morgan fingerprint density at radius 3 is 2.78 bits per heavy atom. The number of anilines is 2. The lowest BCUT2D eigenvalue weighted by atomic mass is 10.1. The molecule has 0 spiro atoms. The van der Waals surface area contributed by atoms with E-state index >= 15 is 0 Å². The van der Waals surface area contributed by atoms with Crippen molar-refractivity contribution < 1.29 is 23.1 Å². The molecule has 3 heterocycles. The van der Waals surface area contributed by atoms with Crippen molar-refractivity contribution in [1.82, 2.24) is 24.8 Å². The number of aryl methyl sites for hydroxylation is 1. The topological polar surface area (TPSA) is 95.3 Å². The van der Waals surface area contributed by atoms with Gasteiger partial charge in [0.1, 0.15) is 0 Å². The fourth-order valence-corrected chi connectivity index (χ4v) is 5.36. The molecule has 0 aliphatic carbocycles. The molecule has 0 radical (unpaired) electrons. The first-order valence-corrected chi connectivity index (χ1v) is 12.3. The summed E-state index contributed by atoms with van der Waals surface area (Å²) in [4.78, 5) is 23.9. The van der Waals surface area contributed by atoms with Crippen molar-refractivity contribution in [3.63, 3.8) is 0 Å². The molecule has 4 aromatic rings. The Hall–Kier alpha value is -3.22. The summed E-state index contributed by atoms with van der Waals surface area (Å²) in [5.74, 6) is 0.273. The fraction of sp³-hybridized carbons (Fsp3) is 0.375. The number of nitrogens with one attached hydrogen (secondary N) is 2. The maximum absolute atomic E-state index is 13.0. The number of alkyl halides is 3. The molecule has 1 aliphatic heterocycles. The molecule has 1 aliphatic rings. The van der Waals surface area contributed by atoms with Gasteiger partial charge in [0, 0.05) is 38.3 Å². The summed E-state index contributed by atoms with van der Waals surface area (Å²) in [5, 5.41) is 16.1. The van der Waals surface area contributed by atoms with Crippen LogP contribution in [0.15, 0.2) is 36.4 Å². The van der Waals surface area contributed by atoms with Crippen molar-refractivity contribution in [2.24, 2.45) is 7.05 Å². The van der Waals surface area contributed by atoms with E-state index in [-0.39, 0.29) is 11.9 Å². The highest BCUT2D eigenvalue weighted by Crippen LogP contribution is 2.35. The number of hydrogen-bond acceptors (Lipinski definition) is 7. The van der Waals surface area contributed by atoms with E-state index in [4.69, 9.17) is 0 Å². The van der Waals surface area contributed by atoms with E-state index < -0.39 is 17.8 Å². The summed E-state index contributed by atoms with van der Waals surface area (Å²) >= 11 is 1.11. The number of carbonyl (C=O) groups is 1. The van der Waals surface area contributed by atoms with E-state index in [0.29, 0.717) is 45.5 Å². The molecular weight excluding hydrogens is 493 g/mol. The lowest BCUT2D eigenvalue weighted by Gasteiger charge is -2.18. The van der Waals surface area contributed by atoms with E-state index in [9.17, 15) is 23.1 Å². The highest BCUT2D eigenvalue weighted by Gasteiger charge is 2.31. The molecule has 3 N–H and O–H groups in total. The molecule has 2 unspecified atom stereocenters. The maximum Gasteiger partial charge on any atom is 0.416 e. The maximum atomic E-state index is 13.0. The van der Waals surface area contributed by atoms with Crippen LogP contribution in [0, 0.1) is 0 Å². The number of benzene rings is 2. The number of amides is 1. The first-order chi connectivity index (χ1) is 17.1. The molecule has 12 heteroatoms. The van der Waals surface area contributed by atoms with Gasteiger partial charge in [0.15, 0.2) is 5.13 Å². The van der Waals surface area contributed by atoms with Crippen molar-refractivity contribution in [1.29, 1.82) is 0 Å². The Bertz CT molecular complexity index is 1430. The van der Waals surface area contributed by atoms with Crippen LogP contribution in [0.5, 0.6) is 0 Å². The number of nitrogens with zero attached hydrogens (tertiary/aromatic N) is 4. The minimum atomic E-state index is -4.41. The lowest BCUT2D eigenvalue weighted by Crippen LogP contribution is -2.38. The molecule has 190 valence electrons. The summed E-state index contributed by atoms with van der Waals surface area (Å²) in [5.41, 5.74) is 1.63. The van der Waals surface area contributed by atoms with E-state index in [2.05, 4.69) is 25.5 Å². The third-order valence-corrected chi connectivity index (χ3v) is 7.14. The molecule has 36 heavy (non-hydrogen) atoms. The van der Waals surface area contributed by atoms with Gasteiger partial charge in [-0.3, -0.25) is 9.69 Å². The third kappa shape index (κ3) is 5.01. The van der Waals surface area contributed by atoms with Gasteiger partial charge in [-0.1, -0.05) is 11.3 Å². The van der Waals surface area contributed by atoms with Crippen molar-refractivity contribution in [2.45, 2.75) is 31.7 Å². The van der Waals surface area contributed by atoms with E-state index in [1.54, 1.807) is 23.6 Å². The van der Waals surface area contributed by atoms with Crippen molar-refractivity contribution in [2.75, 3.05) is 25.0 Å². The van der Waals surface area contributed by atoms with Crippen LogP contribution in [0.1, 0.15) is 29.3 Å². The molecule has 1 fully saturated rings. The van der Waals surface area contributed by atoms with Gasteiger partial charge < -0.3 is 20.3 Å². The van der Waals surface area contributed by atoms with Crippen molar-refractivity contribution in [3.05, 3.63) is 47.5 Å². The number of rotatable bonds is 6. The number of aliphatic hydroxyl groups is 1. The summed E-state index contributed by atoms with van der Waals surface area (Å²) in [6.45, 7) is 3.86. The number of fused-ring (bicyclic) bond motifs is 2. The lowest BCUT2D eigenvalue weighted by molar-refractivity contribution is -0.137. The van der Waals surface area contributed by atoms with Gasteiger partial charge in [0.25, 0.3) is 5.91 Å². The number of hydrogen-bond donors (Lipinski definition) is 3. The molecule has 2 aromatic carbocycles. The second-order valence-electron chi connectivity index (χ2n) is 9.09. The largest absolute Gasteiger partial charge is 0.416 e. The molecular formula is C24H25F3N6O2S. The number of imidazole rings is 1. The number of aliphatic hydroxyl groups excluding tert-OH is 1. The van der Waals surface area contributed by atoms with Crippen LogP contribution in [0.25, 0.3) is 21.3 Å². The molecule has 8 nitrogen and oxygen atoms in total. The van der Waals surface area contributed by atoms with Crippen LogP contribution in [-0.2, 0) is 13.2 Å². The number of aromatic nitrogens is 3. The van der Waals surface area contributed by atoms with Gasteiger partial charge in [0.2, 0.25) is 5.95 Å². The number of likely N-dealkylation sites (tertiary alicyclic amines) is 1. The first-order valence-electron chi connectivity index (χ1n) is 11.5. The zero-order valence-electron chi connectivity index (χ0n) is 19.6. The number of thiazole rings is 1. The van der Waals surface area contributed by atoms with E-state index in [1.807, 2.05) is 13.1 Å². The van der Waals surface area contributed by atoms with Crippen LogP contribution in [0.2, 0.25) is 0 Å². The Morgan fingerprint density at radius 2 is 2.03 bits per heavy atom. The van der Waals surface area contributed by atoms with Crippen LogP contribution in [0.4, 0.5) is 24.3 Å². The van der Waals surface area contributed by atoms with Gasteiger partial charge in [-0.15, -0.1) is 0 Å². The molecule has 5 rings (SSSR count). The smallest absolute Gasteiger partial charge is 0.392 e. The van der Waals surface area contributed by atoms with Gasteiger partial charge >= 0.3 is 6.18 Å². The second-order valence-corrected chi connectivity index (χ2v) is 10.1. The molecule has 2 atom stereocenters. The predicted octanol–water partition coefficient (Wildman–Crippen LogP) is 4.13. The number of halogens is 3. The SMILES string of the molecule is CC(O)CN1CCC(NC(=O)c2ccc3c(c2)nc(Nc2nc4ccc(C(F)(F)F)cc4s2)n3C)C1. The van der Waals surface area contributed by atoms with Crippen molar-refractivity contribution >= 4 is 49.6 Å². The standard InChI is InChI=1S/C24H25F3N6O2S/c1-13(34)11-33-8-7-16(12-33)28-21(35)14-3-6-19-18(9-14)29-22(32(19)2)31-23-30-17-5-4-15(24(25,26)27)10-20(17)36-23/h3-6,9-10,13,16,34H,7-8,11-12H2,1-2H3,(H,28,35)(H,29,30,31). The Labute approximate surface area is 208 Å². The Morgan fingerprint density at radius 1 is 1.22 bits per heavy atom. The minimum absolute atomic E-state index is 0.0183. The Balaban J connectivity index is 1.32.